The number of anilines is 1. The summed E-state index contributed by atoms with van der Waals surface area (Å²) in [5.41, 5.74) is 1.74. The van der Waals surface area contributed by atoms with Gasteiger partial charge in [-0.25, -0.2) is 0 Å². The number of hydrogen-bond donors (Lipinski definition) is 2. The van der Waals surface area contributed by atoms with Gasteiger partial charge in [-0.1, -0.05) is 11.6 Å². The van der Waals surface area contributed by atoms with Crippen molar-refractivity contribution in [1.82, 2.24) is 0 Å². The molecule has 2 nitrogen and oxygen atoms in total. The third kappa shape index (κ3) is 2.10. The van der Waals surface area contributed by atoms with Crippen LogP contribution in [0.4, 0.5) is 5.69 Å². The van der Waals surface area contributed by atoms with E-state index < -0.39 is 0 Å². The first-order chi connectivity index (χ1) is 5.26. The number of benzene rings is 1. The Morgan fingerprint density at radius 1 is 1.45 bits per heavy atom. The first kappa shape index (κ1) is 8.37. The van der Waals surface area contributed by atoms with Crippen molar-refractivity contribution in [1.29, 1.82) is 0 Å². The molecule has 0 saturated heterocycles. The van der Waals surface area contributed by atoms with E-state index in [0.717, 1.165) is 11.3 Å². The van der Waals surface area contributed by atoms with Gasteiger partial charge in [0.25, 0.3) is 0 Å². The molecule has 60 valence electrons. The Labute approximate surface area is 70.8 Å². The van der Waals surface area contributed by atoms with E-state index in [1.807, 2.05) is 13.1 Å². The SMILES string of the molecule is CNc1cc(Cl)cc(CO)c1. The molecule has 0 fully saturated rings. The topological polar surface area (TPSA) is 32.3 Å². The van der Waals surface area contributed by atoms with Crippen LogP contribution in [-0.2, 0) is 6.61 Å². The van der Waals surface area contributed by atoms with Gasteiger partial charge in [0.1, 0.15) is 0 Å². The second kappa shape index (κ2) is 3.60. The Kier molecular flexibility index (Phi) is 2.74. The van der Waals surface area contributed by atoms with Crippen molar-refractivity contribution in [2.75, 3.05) is 12.4 Å². The highest BCUT2D eigenvalue weighted by Gasteiger charge is 1.95. The largest absolute Gasteiger partial charge is 0.392 e. The maximum atomic E-state index is 8.80. The minimum atomic E-state index is 0.0231. The molecule has 0 atom stereocenters. The van der Waals surface area contributed by atoms with E-state index in [-0.39, 0.29) is 6.61 Å². The van der Waals surface area contributed by atoms with E-state index in [1.54, 1.807) is 12.1 Å². The van der Waals surface area contributed by atoms with Crippen LogP contribution in [0.2, 0.25) is 5.02 Å². The van der Waals surface area contributed by atoms with Gasteiger partial charge in [0.15, 0.2) is 0 Å². The van der Waals surface area contributed by atoms with Crippen LogP contribution >= 0.6 is 11.6 Å². The molecule has 0 aliphatic rings. The number of aliphatic hydroxyl groups is 1. The summed E-state index contributed by atoms with van der Waals surface area (Å²) in [6, 6.07) is 5.40. The zero-order chi connectivity index (χ0) is 8.27. The van der Waals surface area contributed by atoms with E-state index in [9.17, 15) is 0 Å². The molecular formula is C8H10ClNO. The predicted molar refractivity (Wildman–Crippen MR) is 46.9 cm³/mol. The molecule has 1 aromatic rings. The lowest BCUT2D eigenvalue weighted by atomic mass is 10.2. The highest BCUT2D eigenvalue weighted by Crippen LogP contribution is 2.18. The van der Waals surface area contributed by atoms with Crippen LogP contribution in [0.15, 0.2) is 18.2 Å². The van der Waals surface area contributed by atoms with Crippen LogP contribution in [0.3, 0.4) is 0 Å². The second-order valence-corrected chi connectivity index (χ2v) is 2.69. The average molecular weight is 172 g/mol. The molecule has 0 unspecified atom stereocenters. The van der Waals surface area contributed by atoms with Gasteiger partial charge < -0.3 is 10.4 Å². The van der Waals surface area contributed by atoms with Crippen LogP contribution in [-0.4, -0.2) is 12.2 Å². The summed E-state index contributed by atoms with van der Waals surface area (Å²) in [5.74, 6) is 0. The predicted octanol–water partition coefficient (Wildman–Crippen LogP) is 1.87. The minimum Gasteiger partial charge on any atom is -0.392 e. The van der Waals surface area contributed by atoms with Crippen molar-refractivity contribution in [3.63, 3.8) is 0 Å². The van der Waals surface area contributed by atoms with Crippen LogP contribution < -0.4 is 5.32 Å². The van der Waals surface area contributed by atoms with Gasteiger partial charge in [0.05, 0.1) is 6.61 Å². The first-order valence-corrected chi connectivity index (χ1v) is 3.72. The summed E-state index contributed by atoms with van der Waals surface area (Å²) in [5, 5.41) is 12.4. The molecule has 1 rings (SSSR count). The van der Waals surface area contributed by atoms with Crippen LogP contribution in [0, 0.1) is 0 Å². The van der Waals surface area contributed by atoms with Gasteiger partial charge in [0, 0.05) is 17.8 Å². The molecule has 0 saturated carbocycles. The van der Waals surface area contributed by atoms with Gasteiger partial charge in [-0.05, 0) is 23.8 Å². The maximum absolute atomic E-state index is 8.80. The third-order valence-corrected chi connectivity index (χ3v) is 1.65. The zero-order valence-corrected chi connectivity index (χ0v) is 7.02. The fourth-order valence-electron chi connectivity index (χ4n) is 0.886. The molecule has 3 heteroatoms. The first-order valence-electron chi connectivity index (χ1n) is 3.34. The Hall–Kier alpha value is -0.730. The Morgan fingerprint density at radius 3 is 2.73 bits per heavy atom. The van der Waals surface area contributed by atoms with Crippen LogP contribution in [0.1, 0.15) is 5.56 Å². The molecule has 0 aromatic heterocycles. The summed E-state index contributed by atoms with van der Waals surface area (Å²) >= 11 is 5.76. The molecular weight excluding hydrogens is 162 g/mol. The molecule has 0 amide bonds. The number of nitrogens with one attached hydrogen (secondary N) is 1. The molecule has 0 aliphatic heterocycles. The summed E-state index contributed by atoms with van der Waals surface area (Å²) in [7, 11) is 1.81. The zero-order valence-electron chi connectivity index (χ0n) is 6.26. The van der Waals surface area contributed by atoms with Crippen molar-refractivity contribution < 1.29 is 5.11 Å². The summed E-state index contributed by atoms with van der Waals surface area (Å²) in [6.45, 7) is 0.0231. The Morgan fingerprint density at radius 2 is 2.18 bits per heavy atom. The van der Waals surface area contributed by atoms with E-state index in [4.69, 9.17) is 16.7 Å². The van der Waals surface area contributed by atoms with Gasteiger partial charge in [-0.2, -0.15) is 0 Å². The Balaban J connectivity index is 3.02. The molecule has 0 bridgehead atoms. The lowest BCUT2D eigenvalue weighted by Crippen LogP contribution is -1.90. The quantitative estimate of drug-likeness (QED) is 0.712. The average Bonchev–Trinajstić information content (AvgIpc) is 2.03. The lowest BCUT2D eigenvalue weighted by molar-refractivity contribution is 0.282. The summed E-state index contributed by atoms with van der Waals surface area (Å²) < 4.78 is 0. The van der Waals surface area contributed by atoms with Crippen molar-refractivity contribution in [2.24, 2.45) is 0 Å². The molecule has 1 aromatic carbocycles. The van der Waals surface area contributed by atoms with Crippen molar-refractivity contribution in [3.05, 3.63) is 28.8 Å². The lowest BCUT2D eigenvalue weighted by Gasteiger charge is -2.02. The number of aliphatic hydroxyl groups excluding tert-OH is 1. The minimum absolute atomic E-state index is 0.0231. The van der Waals surface area contributed by atoms with Crippen molar-refractivity contribution in [2.45, 2.75) is 6.61 Å². The molecule has 11 heavy (non-hydrogen) atoms. The number of rotatable bonds is 2. The second-order valence-electron chi connectivity index (χ2n) is 2.26. The highest BCUT2D eigenvalue weighted by molar-refractivity contribution is 6.30. The van der Waals surface area contributed by atoms with Gasteiger partial charge in [0.2, 0.25) is 0 Å². The van der Waals surface area contributed by atoms with Gasteiger partial charge in [-0.3, -0.25) is 0 Å². The highest BCUT2D eigenvalue weighted by atomic mass is 35.5. The van der Waals surface area contributed by atoms with Crippen molar-refractivity contribution >= 4 is 17.3 Å². The van der Waals surface area contributed by atoms with E-state index in [1.165, 1.54) is 0 Å². The number of hydrogen-bond acceptors (Lipinski definition) is 2. The summed E-state index contributed by atoms with van der Waals surface area (Å²) in [4.78, 5) is 0. The molecule has 0 aliphatic carbocycles. The monoisotopic (exact) mass is 171 g/mol. The van der Waals surface area contributed by atoms with Gasteiger partial charge >= 0.3 is 0 Å². The Bertz CT molecular complexity index is 228. The third-order valence-electron chi connectivity index (χ3n) is 1.43. The standard InChI is InChI=1S/C8H10ClNO/c1-10-8-3-6(5-11)2-7(9)4-8/h2-4,10-11H,5H2,1H3. The normalized spacial score (nSPS) is 9.73. The van der Waals surface area contributed by atoms with E-state index in [0.29, 0.717) is 5.02 Å². The molecule has 0 radical (unpaired) electrons. The van der Waals surface area contributed by atoms with E-state index in [2.05, 4.69) is 5.32 Å². The summed E-state index contributed by atoms with van der Waals surface area (Å²) in [6.07, 6.45) is 0. The van der Waals surface area contributed by atoms with Crippen LogP contribution in [0.25, 0.3) is 0 Å². The molecule has 0 spiro atoms. The smallest absolute Gasteiger partial charge is 0.0683 e. The number of halogens is 1. The van der Waals surface area contributed by atoms with Crippen LogP contribution in [0.5, 0.6) is 0 Å². The van der Waals surface area contributed by atoms with E-state index >= 15 is 0 Å². The fourth-order valence-corrected chi connectivity index (χ4v) is 1.14. The molecule has 2 N–H and O–H groups in total. The fraction of sp³-hybridized carbons (Fsp3) is 0.250. The van der Waals surface area contributed by atoms with Crippen molar-refractivity contribution in [3.8, 4) is 0 Å². The molecule has 0 heterocycles. The maximum Gasteiger partial charge on any atom is 0.0683 e. The van der Waals surface area contributed by atoms with Gasteiger partial charge in [-0.15, -0.1) is 0 Å².